The minimum atomic E-state index is -0.332. The summed E-state index contributed by atoms with van der Waals surface area (Å²) in [5.41, 5.74) is 0. The van der Waals surface area contributed by atoms with Gasteiger partial charge in [-0.3, -0.25) is 9.59 Å². The van der Waals surface area contributed by atoms with Crippen molar-refractivity contribution in [1.82, 2.24) is 0 Å². The van der Waals surface area contributed by atoms with E-state index in [2.05, 4.69) is 13.8 Å². The van der Waals surface area contributed by atoms with Gasteiger partial charge in [-0.25, -0.2) is 0 Å². The second-order valence-electron chi connectivity index (χ2n) is 7.86. The monoisotopic (exact) mass is 406 g/mol. The zero-order valence-corrected chi connectivity index (χ0v) is 18.6. The van der Waals surface area contributed by atoms with E-state index in [9.17, 15) is 9.59 Å². The molecule has 0 aliphatic carbocycles. The first kappa shape index (κ1) is 25.0. The molecule has 5 nitrogen and oxygen atoms in total. The van der Waals surface area contributed by atoms with Crippen molar-refractivity contribution in [1.29, 1.82) is 0 Å². The zero-order valence-electron chi connectivity index (χ0n) is 18.6. The molecule has 0 spiro atoms. The van der Waals surface area contributed by atoms with Gasteiger partial charge in [0, 0.05) is 12.8 Å². The minimum Gasteiger partial charge on any atom is -0.489 e. The Morgan fingerprint density at radius 3 is 1.90 bits per heavy atom. The van der Waals surface area contributed by atoms with Gasteiger partial charge >= 0.3 is 11.9 Å². The van der Waals surface area contributed by atoms with Gasteiger partial charge in [-0.2, -0.15) is 0 Å². The van der Waals surface area contributed by atoms with Crippen LogP contribution in [0.25, 0.3) is 0 Å². The van der Waals surface area contributed by atoms with Crippen LogP contribution >= 0.6 is 0 Å². The van der Waals surface area contributed by atoms with Gasteiger partial charge in [0.15, 0.2) is 11.5 Å². The largest absolute Gasteiger partial charge is 0.489 e. The number of carbonyl (C=O) groups excluding carboxylic acids is 2. The van der Waals surface area contributed by atoms with Gasteiger partial charge in [0.2, 0.25) is 5.75 Å². The van der Waals surface area contributed by atoms with Crippen LogP contribution < -0.4 is 14.2 Å². The molecule has 5 heteroatoms. The van der Waals surface area contributed by atoms with Crippen molar-refractivity contribution in [2.24, 2.45) is 5.92 Å². The van der Waals surface area contributed by atoms with Gasteiger partial charge in [0.25, 0.3) is 0 Å². The van der Waals surface area contributed by atoms with E-state index in [0.717, 1.165) is 51.4 Å². The number of hydrogen-bond donors (Lipinski definition) is 0. The number of carbonyl (C=O) groups is 2. The van der Waals surface area contributed by atoms with Crippen LogP contribution in [0.2, 0.25) is 0 Å². The maximum atomic E-state index is 12.3. The fourth-order valence-corrected chi connectivity index (χ4v) is 2.78. The molecule has 0 heterocycles. The van der Waals surface area contributed by atoms with Gasteiger partial charge in [0.1, 0.15) is 0 Å². The Kier molecular flexibility index (Phi) is 12.8. The normalized spacial score (nSPS) is 10.8. The number of esters is 2. The van der Waals surface area contributed by atoms with Crippen LogP contribution in [0.3, 0.4) is 0 Å². The van der Waals surface area contributed by atoms with E-state index < -0.39 is 0 Å². The number of ether oxygens (including phenoxy) is 3. The average Bonchev–Trinajstić information content (AvgIpc) is 2.68. The first-order valence-electron chi connectivity index (χ1n) is 11.1. The molecular weight excluding hydrogens is 368 g/mol. The summed E-state index contributed by atoms with van der Waals surface area (Å²) in [5.74, 6) is 0.544. The fraction of sp³-hybridized carbons (Fsp3) is 0.667. The first-order chi connectivity index (χ1) is 14.0. The van der Waals surface area contributed by atoms with Crippen LogP contribution in [0.15, 0.2) is 18.2 Å². The summed E-state index contributed by atoms with van der Waals surface area (Å²) in [7, 11) is 0. The molecule has 1 aromatic carbocycles. The van der Waals surface area contributed by atoms with Crippen LogP contribution in [-0.2, 0) is 9.59 Å². The fourth-order valence-electron chi connectivity index (χ4n) is 2.78. The summed E-state index contributed by atoms with van der Waals surface area (Å²) >= 11 is 0. The third-order valence-electron chi connectivity index (χ3n) is 4.42. The molecule has 0 aliphatic rings. The van der Waals surface area contributed by atoms with E-state index in [1.807, 2.05) is 13.8 Å². The SMILES string of the molecule is CCCCCCC(=O)Oc1cccc(OCC(C)C)c1OC(=O)CCCCCC. The average molecular weight is 407 g/mol. The molecule has 29 heavy (non-hydrogen) atoms. The third-order valence-corrected chi connectivity index (χ3v) is 4.42. The van der Waals surface area contributed by atoms with Gasteiger partial charge in [-0.1, -0.05) is 72.3 Å². The first-order valence-corrected chi connectivity index (χ1v) is 11.1. The number of para-hydroxylation sites is 1. The third kappa shape index (κ3) is 10.9. The topological polar surface area (TPSA) is 61.8 Å². The molecule has 0 N–H and O–H groups in total. The van der Waals surface area contributed by atoms with Crippen molar-refractivity contribution >= 4 is 11.9 Å². The number of benzene rings is 1. The molecule has 0 atom stereocenters. The van der Waals surface area contributed by atoms with Gasteiger partial charge < -0.3 is 14.2 Å². The predicted molar refractivity (Wildman–Crippen MR) is 116 cm³/mol. The van der Waals surface area contributed by atoms with Crippen molar-refractivity contribution in [2.45, 2.75) is 91.9 Å². The molecule has 1 rings (SSSR count). The molecule has 164 valence electrons. The van der Waals surface area contributed by atoms with Crippen LogP contribution in [0.4, 0.5) is 0 Å². The van der Waals surface area contributed by atoms with Gasteiger partial charge in [-0.05, 0) is 30.9 Å². The van der Waals surface area contributed by atoms with Crippen molar-refractivity contribution in [3.8, 4) is 17.2 Å². The predicted octanol–water partition coefficient (Wildman–Crippen LogP) is 6.47. The van der Waals surface area contributed by atoms with Crippen molar-refractivity contribution < 1.29 is 23.8 Å². The molecule has 0 saturated carbocycles. The van der Waals surface area contributed by atoms with Crippen LogP contribution in [-0.4, -0.2) is 18.5 Å². The summed E-state index contributed by atoms with van der Waals surface area (Å²) in [4.78, 5) is 24.6. The number of unbranched alkanes of at least 4 members (excludes halogenated alkanes) is 6. The highest BCUT2D eigenvalue weighted by Crippen LogP contribution is 2.38. The van der Waals surface area contributed by atoms with Crippen molar-refractivity contribution in [3.05, 3.63) is 18.2 Å². The maximum Gasteiger partial charge on any atom is 0.311 e. The molecular formula is C24H38O5. The molecule has 0 radical (unpaired) electrons. The quantitative estimate of drug-likeness (QED) is 0.190. The Labute approximate surface area is 176 Å². The van der Waals surface area contributed by atoms with E-state index in [1.54, 1.807) is 18.2 Å². The lowest BCUT2D eigenvalue weighted by Crippen LogP contribution is -2.14. The van der Waals surface area contributed by atoms with Crippen LogP contribution in [0.1, 0.15) is 91.9 Å². The Morgan fingerprint density at radius 2 is 1.34 bits per heavy atom. The summed E-state index contributed by atoms with van der Waals surface area (Å²) in [6, 6.07) is 5.13. The molecule has 0 amide bonds. The summed E-state index contributed by atoms with van der Waals surface area (Å²) in [6.07, 6.45) is 8.69. The second-order valence-corrected chi connectivity index (χ2v) is 7.86. The lowest BCUT2D eigenvalue weighted by molar-refractivity contribution is -0.137. The summed E-state index contributed by atoms with van der Waals surface area (Å²) < 4.78 is 16.9. The van der Waals surface area contributed by atoms with E-state index in [-0.39, 0.29) is 23.4 Å². The molecule has 1 aromatic rings. The Bertz CT molecular complexity index is 609. The molecule has 0 aromatic heterocycles. The second kappa shape index (κ2) is 14.9. The Balaban J connectivity index is 2.83. The van der Waals surface area contributed by atoms with Gasteiger partial charge in [0.05, 0.1) is 6.61 Å². The number of rotatable bonds is 15. The Hall–Kier alpha value is -2.04. The van der Waals surface area contributed by atoms with Crippen molar-refractivity contribution in [3.63, 3.8) is 0 Å². The molecule has 0 bridgehead atoms. The lowest BCUT2D eigenvalue weighted by atomic mass is 10.1. The van der Waals surface area contributed by atoms with Crippen molar-refractivity contribution in [2.75, 3.05) is 6.61 Å². The van der Waals surface area contributed by atoms with E-state index in [4.69, 9.17) is 14.2 Å². The Morgan fingerprint density at radius 1 is 0.793 bits per heavy atom. The lowest BCUT2D eigenvalue weighted by Gasteiger charge is -2.16. The highest BCUT2D eigenvalue weighted by Gasteiger charge is 2.19. The minimum absolute atomic E-state index is 0.204. The zero-order chi connectivity index (χ0) is 21.5. The molecule has 0 saturated heterocycles. The smallest absolute Gasteiger partial charge is 0.311 e. The highest BCUT2D eigenvalue weighted by molar-refractivity contribution is 5.77. The molecule has 0 fully saturated rings. The maximum absolute atomic E-state index is 12.3. The number of hydrogen-bond acceptors (Lipinski definition) is 5. The highest BCUT2D eigenvalue weighted by atomic mass is 16.6. The van der Waals surface area contributed by atoms with E-state index in [1.165, 1.54) is 0 Å². The summed E-state index contributed by atoms with van der Waals surface area (Å²) in [5, 5.41) is 0. The van der Waals surface area contributed by atoms with E-state index >= 15 is 0 Å². The molecule has 0 aliphatic heterocycles. The summed E-state index contributed by atoms with van der Waals surface area (Å²) in [6.45, 7) is 8.82. The van der Waals surface area contributed by atoms with Crippen LogP contribution in [0.5, 0.6) is 17.2 Å². The van der Waals surface area contributed by atoms with Gasteiger partial charge in [-0.15, -0.1) is 0 Å². The molecule has 0 unspecified atom stereocenters. The van der Waals surface area contributed by atoms with E-state index in [0.29, 0.717) is 31.1 Å². The standard InChI is InChI=1S/C24H38O5/c1-5-7-9-11-16-22(25)28-21-15-13-14-20(27-18-19(3)4)24(21)29-23(26)17-12-10-8-6-2/h13-15,19H,5-12,16-18H2,1-4H3. The van der Waals surface area contributed by atoms with Crippen LogP contribution in [0, 0.1) is 5.92 Å².